The Balaban J connectivity index is 1.86. The van der Waals surface area contributed by atoms with Gasteiger partial charge in [-0.25, -0.2) is 9.97 Å². The van der Waals surface area contributed by atoms with Crippen molar-refractivity contribution in [1.29, 1.82) is 0 Å². The summed E-state index contributed by atoms with van der Waals surface area (Å²) in [5, 5.41) is 3.02. The topological polar surface area (TPSA) is 67.3 Å². The van der Waals surface area contributed by atoms with Crippen molar-refractivity contribution in [1.82, 2.24) is 9.97 Å². The molecule has 1 aliphatic carbocycles. The summed E-state index contributed by atoms with van der Waals surface area (Å²) in [6, 6.07) is 0.193. The standard InChI is InChI=1S/C13H17BrN4O2/c1-20-9-4-2-8(3-5-9)18-11(19)7-16-12-13(18)17-10(14)6-15-12/h6,8-9H,2-5,7H2,1H3,(H,15,16)/i7+1,11+1. The summed E-state index contributed by atoms with van der Waals surface area (Å²) in [6.45, 7) is 0.285. The summed E-state index contributed by atoms with van der Waals surface area (Å²) in [5.41, 5.74) is 0. The molecule has 7 heteroatoms. The van der Waals surface area contributed by atoms with E-state index in [1.54, 1.807) is 13.3 Å². The fourth-order valence-corrected chi connectivity index (χ4v) is 3.20. The number of halogens is 1. The molecule has 0 saturated heterocycles. The highest BCUT2D eigenvalue weighted by Gasteiger charge is 2.34. The van der Waals surface area contributed by atoms with Gasteiger partial charge < -0.3 is 10.1 Å². The van der Waals surface area contributed by atoms with E-state index < -0.39 is 0 Å². The summed E-state index contributed by atoms with van der Waals surface area (Å²) >= 11 is 3.32. The molecule has 6 nitrogen and oxygen atoms in total. The van der Waals surface area contributed by atoms with Crippen LogP contribution in [0.3, 0.4) is 0 Å². The number of carbonyl (C=O) groups is 1. The van der Waals surface area contributed by atoms with Crippen LogP contribution >= 0.6 is 15.9 Å². The predicted octanol–water partition coefficient (Wildman–Crippen LogP) is 1.96. The number of hydrogen-bond donors (Lipinski definition) is 1. The van der Waals surface area contributed by atoms with Crippen molar-refractivity contribution in [3.05, 3.63) is 10.8 Å². The number of ether oxygens (including phenoxy) is 1. The second kappa shape index (κ2) is 5.65. The van der Waals surface area contributed by atoms with Crippen LogP contribution in [0.25, 0.3) is 0 Å². The van der Waals surface area contributed by atoms with Gasteiger partial charge in [-0.1, -0.05) is 0 Å². The quantitative estimate of drug-likeness (QED) is 0.832. The molecular weight excluding hydrogens is 326 g/mol. The first kappa shape index (κ1) is 13.8. The Morgan fingerprint density at radius 2 is 2.15 bits per heavy atom. The predicted molar refractivity (Wildman–Crippen MR) is 78.8 cm³/mol. The molecule has 1 amide bonds. The summed E-state index contributed by atoms with van der Waals surface area (Å²) in [6.07, 6.45) is 5.80. The Labute approximate surface area is 126 Å². The lowest BCUT2D eigenvalue weighted by atomic mass is 9.92. The second-order valence-corrected chi connectivity index (χ2v) is 5.96. The van der Waals surface area contributed by atoms with Crippen molar-refractivity contribution in [3.8, 4) is 0 Å². The zero-order valence-corrected chi connectivity index (χ0v) is 12.9. The first-order valence-electron chi connectivity index (χ1n) is 6.80. The SMILES string of the molecule is COC1CCC(N2c3nc(Br)cnc3N[13CH2][13C]2=O)CC1. The van der Waals surface area contributed by atoms with Gasteiger partial charge in [0.05, 0.1) is 18.8 Å². The van der Waals surface area contributed by atoms with E-state index in [0.29, 0.717) is 22.3 Å². The van der Waals surface area contributed by atoms with Gasteiger partial charge in [0.25, 0.3) is 0 Å². The molecular formula is C13H17BrN4O2. The highest BCUT2D eigenvalue weighted by atomic mass is 79.9. The van der Waals surface area contributed by atoms with Crippen molar-refractivity contribution < 1.29 is 9.53 Å². The van der Waals surface area contributed by atoms with Gasteiger partial charge in [-0.15, -0.1) is 0 Å². The Kier molecular flexibility index (Phi) is 3.89. The van der Waals surface area contributed by atoms with Crippen LogP contribution in [-0.2, 0) is 9.53 Å². The molecule has 1 saturated carbocycles. The average Bonchev–Trinajstić information content (AvgIpc) is 2.47. The molecule has 1 aromatic rings. The zero-order chi connectivity index (χ0) is 14.1. The largest absolute Gasteiger partial charge is 0.381 e. The van der Waals surface area contributed by atoms with Crippen LogP contribution in [0, 0.1) is 0 Å². The number of nitrogens with zero attached hydrogens (tertiary/aromatic N) is 3. The van der Waals surface area contributed by atoms with Crippen LogP contribution in [0.15, 0.2) is 10.8 Å². The maximum Gasteiger partial charge on any atom is 0.247 e. The fourth-order valence-electron chi connectivity index (χ4n) is 2.93. The third-order valence-electron chi connectivity index (χ3n) is 3.97. The molecule has 2 heterocycles. The number of hydrogen-bond acceptors (Lipinski definition) is 5. The minimum absolute atomic E-state index is 0.0609. The smallest absolute Gasteiger partial charge is 0.247 e. The Morgan fingerprint density at radius 3 is 2.85 bits per heavy atom. The second-order valence-electron chi connectivity index (χ2n) is 5.15. The van der Waals surface area contributed by atoms with Gasteiger partial charge >= 0.3 is 0 Å². The number of nitrogens with one attached hydrogen (secondary N) is 1. The first-order valence-corrected chi connectivity index (χ1v) is 7.59. The van der Waals surface area contributed by atoms with E-state index in [-0.39, 0.29) is 18.5 Å². The van der Waals surface area contributed by atoms with Crippen LogP contribution in [0.2, 0.25) is 0 Å². The molecule has 0 atom stereocenters. The molecule has 2 aliphatic rings. The lowest BCUT2D eigenvalue weighted by molar-refractivity contribution is -0.118. The molecule has 0 spiro atoms. The maximum absolute atomic E-state index is 12.3. The zero-order valence-electron chi connectivity index (χ0n) is 11.3. The Morgan fingerprint density at radius 1 is 1.40 bits per heavy atom. The number of rotatable bonds is 2. The van der Waals surface area contributed by atoms with E-state index in [9.17, 15) is 4.79 Å². The van der Waals surface area contributed by atoms with E-state index in [1.807, 2.05) is 4.90 Å². The molecule has 1 aliphatic heterocycles. The van der Waals surface area contributed by atoms with E-state index in [0.717, 1.165) is 25.7 Å². The highest BCUT2D eigenvalue weighted by molar-refractivity contribution is 9.10. The molecule has 1 fully saturated rings. The van der Waals surface area contributed by atoms with Crippen LogP contribution in [-0.4, -0.2) is 41.7 Å². The van der Waals surface area contributed by atoms with Gasteiger partial charge in [-0.3, -0.25) is 9.69 Å². The Hall–Kier alpha value is -1.21. The number of carbonyl (C=O) groups excluding carboxylic acids is 1. The molecule has 1 N–H and O–H groups in total. The number of anilines is 2. The molecule has 1 aromatic heterocycles. The number of aromatic nitrogens is 2. The minimum Gasteiger partial charge on any atom is -0.381 e. The third-order valence-corrected chi connectivity index (χ3v) is 4.35. The van der Waals surface area contributed by atoms with Crippen LogP contribution in [0.1, 0.15) is 25.7 Å². The molecule has 0 aromatic carbocycles. The van der Waals surface area contributed by atoms with Gasteiger partial charge in [0.2, 0.25) is 5.91 Å². The van der Waals surface area contributed by atoms with Crippen LogP contribution in [0.4, 0.5) is 11.6 Å². The van der Waals surface area contributed by atoms with Crippen LogP contribution in [0.5, 0.6) is 0 Å². The van der Waals surface area contributed by atoms with E-state index in [1.165, 1.54) is 0 Å². The fraction of sp³-hybridized carbons (Fsp3) is 0.615. The lowest BCUT2D eigenvalue weighted by Gasteiger charge is -2.38. The molecule has 0 unspecified atom stereocenters. The van der Waals surface area contributed by atoms with E-state index >= 15 is 0 Å². The van der Waals surface area contributed by atoms with Crippen molar-refractivity contribution in [2.45, 2.75) is 37.8 Å². The molecule has 3 rings (SSSR count). The summed E-state index contributed by atoms with van der Waals surface area (Å²) in [4.78, 5) is 22.8. The van der Waals surface area contributed by atoms with Crippen molar-refractivity contribution >= 4 is 33.5 Å². The third kappa shape index (κ3) is 2.52. The normalized spacial score (nSPS) is 26.1. The van der Waals surface area contributed by atoms with Gasteiger partial charge in [-0.05, 0) is 41.6 Å². The Bertz CT molecular complexity index is 517. The summed E-state index contributed by atoms with van der Waals surface area (Å²) in [7, 11) is 1.75. The van der Waals surface area contributed by atoms with Gasteiger partial charge in [0.15, 0.2) is 11.6 Å². The van der Waals surface area contributed by atoms with Gasteiger partial charge in [0.1, 0.15) is 4.60 Å². The monoisotopic (exact) mass is 342 g/mol. The summed E-state index contributed by atoms with van der Waals surface area (Å²) < 4.78 is 6.03. The van der Waals surface area contributed by atoms with E-state index in [4.69, 9.17) is 4.74 Å². The number of methoxy groups -OCH3 is 1. The first-order chi connectivity index (χ1) is 9.69. The van der Waals surface area contributed by atoms with Crippen molar-refractivity contribution in [2.24, 2.45) is 0 Å². The minimum atomic E-state index is 0.0609. The number of amides is 1. The van der Waals surface area contributed by atoms with Gasteiger partial charge in [0, 0.05) is 13.2 Å². The molecule has 0 bridgehead atoms. The van der Waals surface area contributed by atoms with Gasteiger partial charge in [-0.2, -0.15) is 0 Å². The maximum atomic E-state index is 12.3. The molecule has 0 radical (unpaired) electrons. The molecule has 108 valence electrons. The van der Waals surface area contributed by atoms with Crippen LogP contribution < -0.4 is 10.2 Å². The van der Waals surface area contributed by atoms with Crippen molar-refractivity contribution in [3.63, 3.8) is 0 Å². The van der Waals surface area contributed by atoms with E-state index in [2.05, 4.69) is 31.2 Å². The molecule has 20 heavy (non-hydrogen) atoms. The number of fused-ring (bicyclic) bond motifs is 1. The van der Waals surface area contributed by atoms with Crippen molar-refractivity contribution in [2.75, 3.05) is 23.9 Å². The average molecular weight is 343 g/mol. The highest BCUT2D eigenvalue weighted by Crippen LogP contribution is 2.33. The lowest BCUT2D eigenvalue weighted by Crippen LogP contribution is -2.49. The summed E-state index contributed by atoms with van der Waals surface area (Å²) in [5.74, 6) is 1.38.